The van der Waals surface area contributed by atoms with Gasteiger partial charge >= 0.3 is 0 Å². The zero-order valence-electron chi connectivity index (χ0n) is 17.9. The fraction of sp³-hybridized carbons (Fsp3) is 0.440. The smallest absolute Gasteiger partial charge is 0.254 e. The van der Waals surface area contributed by atoms with Crippen molar-refractivity contribution in [1.82, 2.24) is 14.5 Å². The third-order valence-electron chi connectivity index (χ3n) is 5.90. The zero-order valence-corrected chi connectivity index (χ0v) is 17.9. The molecule has 4 nitrogen and oxygen atoms in total. The van der Waals surface area contributed by atoms with Crippen molar-refractivity contribution in [3.8, 4) is 0 Å². The molecule has 0 atom stereocenters. The number of hydrogen-bond acceptors (Lipinski definition) is 2. The number of carbonyl (C=O) groups is 1. The standard InChI is InChI=1S/C25H30FN3O/c1-18(2)16-28(25(30)19-12-14-20(26)15-13-19)17-24-27-22-10-6-7-11-23(22)29(24)21-8-4-3-5-9-21/h6-7,10-15,18,21H,3-5,8-9,16-17H2,1-2H3. The molecule has 1 saturated carbocycles. The third kappa shape index (κ3) is 4.40. The molecule has 1 aliphatic carbocycles. The van der Waals surface area contributed by atoms with Crippen molar-refractivity contribution in [3.05, 3.63) is 65.7 Å². The summed E-state index contributed by atoms with van der Waals surface area (Å²) in [6.07, 6.45) is 6.08. The number of amides is 1. The number of imidazole rings is 1. The molecule has 1 amide bonds. The average Bonchev–Trinajstić information content (AvgIpc) is 3.11. The fourth-order valence-electron chi connectivity index (χ4n) is 4.56. The van der Waals surface area contributed by atoms with Gasteiger partial charge in [-0.2, -0.15) is 0 Å². The number of halogens is 1. The molecule has 1 fully saturated rings. The van der Waals surface area contributed by atoms with Crippen LogP contribution in [0.4, 0.5) is 4.39 Å². The van der Waals surface area contributed by atoms with Gasteiger partial charge in [-0.05, 0) is 55.2 Å². The van der Waals surface area contributed by atoms with Gasteiger partial charge in [-0.3, -0.25) is 4.79 Å². The molecular weight excluding hydrogens is 377 g/mol. The second-order valence-corrected chi connectivity index (χ2v) is 8.76. The van der Waals surface area contributed by atoms with Gasteiger partial charge in [0.15, 0.2) is 0 Å². The molecule has 30 heavy (non-hydrogen) atoms. The van der Waals surface area contributed by atoms with Gasteiger partial charge in [-0.15, -0.1) is 0 Å². The van der Waals surface area contributed by atoms with E-state index in [1.54, 1.807) is 12.1 Å². The highest BCUT2D eigenvalue weighted by Gasteiger charge is 2.25. The van der Waals surface area contributed by atoms with Crippen LogP contribution in [0.1, 0.15) is 68.2 Å². The molecule has 1 aliphatic rings. The van der Waals surface area contributed by atoms with Crippen LogP contribution in [0.3, 0.4) is 0 Å². The van der Waals surface area contributed by atoms with Crippen LogP contribution < -0.4 is 0 Å². The van der Waals surface area contributed by atoms with Gasteiger partial charge in [0.25, 0.3) is 5.91 Å². The Morgan fingerprint density at radius 3 is 2.50 bits per heavy atom. The first-order valence-corrected chi connectivity index (χ1v) is 11.0. The summed E-state index contributed by atoms with van der Waals surface area (Å²) < 4.78 is 15.7. The van der Waals surface area contributed by atoms with E-state index in [4.69, 9.17) is 4.98 Å². The highest BCUT2D eigenvalue weighted by Crippen LogP contribution is 2.33. The van der Waals surface area contributed by atoms with Crippen LogP contribution in [-0.2, 0) is 6.54 Å². The Morgan fingerprint density at radius 1 is 1.10 bits per heavy atom. The lowest BCUT2D eigenvalue weighted by Gasteiger charge is -2.29. The van der Waals surface area contributed by atoms with Crippen LogP contribution in [0.25, 0.3) is 11.0 Å². The first-order chi connectivity index (χ1) is 14.5. The molecule has 2 aromatic carbocycles. The van der Waals surface area contributed by atoms with Crippen molar-refractivity contribution in [2.45, 2.75) is 58.5 Å². The summed E-state index contributed by atoms with van der Waals surface area (Å²) in [6.45, 7) is 5.30. The number of rotatable bonds is 6. The molecule has 158 valence electrons. The first kappa shape index (κ1) is 20.6. The quantitative estimate of drug-likeness (QED) is 0.504. The highest BCUT2D eigenvalue weighted by molar-refractivity contribution is 5.94. The number of benzene rings is 2. The van der Waals surface area contributed by atoms with Crippen LogP contribution in [0.5, 0.6) is 0 Å². The lowest BCUT2D eigenvalue weighted by Crippen LogP contribution is -2.35. The van der Waals surface area contributed by atoms with Crippen molar-refractivity contribution in [3.63, 3.8) is 0 Å². The largest absolute Gasteiger partial charge is 0.331 e. The Hall–Kier alpha value is -2.69. The average molecular weight is 408 g/mol. The van der Waals surface area contributed by atoms with Crippen molar-refractivity contribution in [2.75, 3.05) is 6.54 Å². The Bertz CT molecular complexity index is 1000. The van der Waals surface area contributed by atoms with Gasteiger partial charge in [-0.1, -0.05) is 45.2 Å². The number of aromatic nitrogens is 2. The molecular formula is C25H30FN3O. The molecule has 0 saturated heterocycles. The second kappa shape index (κ2) is 8.99. The number of para-hydroxylation sites is 2. The summed E-state index contributed by atoms with van der Waals surface area (Å²) >= 11 is 0. The lowest BCUT2D eigenvalue weighted by molar-refractivity contribution is 0.0714. The minimum Gasteiger partial charge on any atom is -0.331 e. The molecule has 0 N–H and O–H groups in total. The maximum atomic E-state index is 13.3. The Balaban J connectivity index is 1.70. The molecule has 0 radical (unpaired) electrons. The molecule has 0 bridgehead atoms. The lowest BCUT2D eigenvalue weighted by atomic mass is 9.95. The summed E-state index contributed by atoms with van der Waals surface area (Å²) in [6, 6.07) is 14.5. The Kier molecular flexibility index (Phi) is 6.16. The molecule has 1 aromatic heterocycles. The van der Waals surface area contributed by atoms with Gasteiger partial charge in [0.05, 0.1) is 17.6 Å². The normalized spacial score (nSPS) is 15.1. The van der Waals surface area contributed by atoms with Crippen LogP contribution in [-0.4, -0.2) is 26.9 Å². The van der Waals surface area contributed by atoms with Crippen LogP contribution >= 0.6 is 0 Å². The van der Waals surface area contributed by atoms with Gasteiger partial charge in [-0.25, -0.2) is 9.37 Å². The molecule has 0 unspecified atom stereocenters. The van der Waals surface area contributed by atoms with E-state index in [1.165, 1.54) is 31.4 Å². The van der Waals surface area contributed by atoms with E-state index in [0.29, 0.717) is 30.6 Å². The van der Waals surface area contributed by atoms with Crippen LogP contribution in [0, 0.1) is 11.7 Å². The van der Waals surface area contributed by atoms with Crippen LogP contribution in [0.2, 0.25) is 0 Å². The monoisotopic (exact) mass is 407 g/mol. The molecule has 0 aliphatic heterocycles. The Labute approximate surface area is 177 Å². The summed E-state index contributed by atoms with van der Waals surface area (Å²) in [5.41, 5.74) is 2.65. The topological polar surface area (TPSA) is 38.1 Å². The van der Waals surface area contributed by atoms with Crippen molar-refractivity contribution < 1.29 is 9.18 Å². The van der Waals surface area contributed by atoms with Gasteiger partial charge in [0.1, 0.15) is 11.6 Å². The van der Waals surface area contributed by atoms with E-state index in [-0.39, 0.29) is 11.7 Å². The number of nitrogens with zero attached hydrogens (tertiary/aromatic N) is 3. The summed E-state index contributed by atoms with van der Waals surface area (Å²) in [7, 11) is 0. The van der Waals surface area contributed by atoms with Gasteiger partial charge in [0, 0.05) is 18.2 Å². The summed E-state index contributed by atoms with van der Waals surface area (Å²) in [5.74, 6) is 0.855. The highest BCUT2D eigenvalue weighted by atomic mass is 19.1. The maximum absolute atomic E-state index is 13.3. The second-order valence-electron chi connectivity index (χ2n) is 8.76. The van der Waals surface area contributed by atoms with E-state index in [2.05, 4.69) is 30.5 Å². The van der Waals surface area contributed by atoms with Gasteiger partial charge < -0.3 is 9.47 Å². The van der Waals surface area contributed by atoms with Crippen molar-refractivity contribution >= 4 is 16.9 Å². The molecule has 1 heterocycles. The first-order valence-electron chi connectivity index (χ1n) is 11.0. The van der Waals surface area contributed by atoms with E-state index in [9.17, 15) is 9.18 Å². The number of fused-ring (bicyclic) bond motifs is 1. The van der Waals surface area contributed by atoms with Gasteiger partial charge in [0.2, 0.25) is 0 Å². The van der Waals surface area contributed by atoms with Crippen LogP contribution in [0.15, 0.2) is 48.5 Å². The van der Waals surface area contributed by atoms with E-state index < -0.39 is 0 Å². The molecule has 3 aromatic rings. The SMILES string of the molecule is CC(C)CN(Cc1nc2ccccc2n1C1CCCCC1)C(=O)c1ccc(F)cc1. The summed E-state index contributed by atoms with van der Waals surface area (Å²) in [5, 5.41) is 0. The zero-order chi connectivity index (χ0) is 21.1. The molecule has 4 rings (SSSR count). The number of carbonyl (C=O) groups excluding carboxylic acids is 1. The molecule has 5 heteroatoms. The summed E-state index contributed by atoms with van der Waals surface area (Å²) in [4.78, 5) is 20.1. The minimum atomic E-state index is -0.332. The van der Waals surface area contributed by atoms with Crippen molar-refractivity contribution in [2.24, 2.45) is 5.92 Å². The van der Waals surface area contributed by atoms with E-state index in [1.807, 2.05) is 17.0 Å². The maximum Gasteiger partial charge on any atom is 0.254 e. The minimum absolute atomic E-state index is 0.0778. The third-order valence-corrected chi connectivity index (χ3v) is 5.90. The fourth-order valence-corrected chi connectivity index (χ4v) is 4.56. The van der Waals surface area contributed by atoms with E-state index in [0.717, 1.165) is 29.7 Å². The predicted octanol–water partition coefficient (Wildman–Crippen LogP) is 5.98. The molecule has 0 spiro atoms. The predicted molar refractivity (Wildman–Crippen MR) is 118 cm³/mol. The van der Waals surface area contributed by atoms with E-state index >= 15 is 0 Å². The van der Waals surface area contributed by atoms with Crippen molar-refractivity contribution in [1.29, 1.82) is 0 Å². The Morgan fingerprint density at radius 2 is 1.80 bits per heavy atom. The number of hydrogen-bond donors (Lipinski definition) is 0.